The lowest BCUT2D eigenvalue weighted by molar-refractivity contribution is 0.397. The lowest BCUT2D eigenvalue weighted by Crippen LogP contribution is -2.28. The lowest BCUT2D eigenvalue weighted by Gasteiger charge is -2.13. The van der Waals surface area contributed by atoms with E-state index in [2.05, 4.69) is 36.5 Å². The Morgan fingerprint density at radius 3 is 3.29 bits per heavy atom. The van der Waals surface area contributed by atoms with Crippen LogP contribution in [0, 0.1) is 11.3 Å². The van der Waals surface area contributed by atoms with Gasteiger partial charge < -0.3 is 10.1 Å². The summed E-state index contributed by atoms with van der Waals surface area (Å²) in [6.07, 6.45) is 1.53. The number of thioether (sulfide) groups is 1. The second kappa shape index (κ2) is 5.95. The topological polar surface area (TPSA) is 45.0 Å². The molecule has 1 unspecified atom stereocenters. The van der Waals surface area contributed by atoms with Crippen molar-refractivity contribution in [1.29, 1.82) is 5.26 Å². The molecular formula is C13H16N2OS. The number of fused-ring (bicyclic) bond motifs is 1. The van der Waals surface area contributed by atoms with Crippen LogP contribution in [0.3, 0.4) is 0 Å². The Labute approximate surface area is 106 Å². The fourth-order valence-corrected chi connectivity index (χ4v) is 2.61. The van der Waals surface area contributed by atoms with Crippen molar-refractivity contribution in [3.8, 4) is 11.8 Å². The predicted molar refractivity (Wildman–Crippen MR) is 69.2 cm³/mol. The van der Waals surface area contributed by atoms with E-state index in [1.54, 1.807) is 11.8 Å². The highest BCUT2D eigenvalue weighted by molar-refractivity contribution is 7.99. The van der Waals surface area contributed by atoms with Crippen molar-refractivity contribution in [3.63, 3.8) is 0 Å². The average molecular weight is 248 g/mol. The zero-order valence-electron chi connectivity index (χ0n) is 9.90. The summed E-state index contributed by atoms with van der Waals surface area (Å²) in [6.45, 7) is 2.90. The Balaban J connectivity index is 1.88. The molecule has 3 nitrogen and oxygen atoms in total. The molecule has 1 aliphatic heterocycles. The molecule has 4 heteroatoms. The highest BCUT2D eigenvalue weighted by Crippen LogP contribution is 2.36. The maximum Gasteiger partial charge on any atom is 0.138 e. The van der Waals surface area contributed by atoms with Gasteiger partial charge >= 0.3 is 0 Å². The highest BCUT2D eigenvalue weighted by Gasteiger charge is 2.13. The Morgan fingerprint density at radius 2 is 2.47 bits per heavy atom. The molecule has 1 atom stereocenters. The van der Waals surface area contributed by atoms with Crippen molar-refractivity contribution in [2.24, 2.45) is 0 Å². The lowest BCUT2D eigenvalue weighted by atomic mass is 10.1. The first kappa shape index (κ1) is 12.3. The zero-order valence-corrected chi connectivity index (χ0v) is 10.7. The van der Waals surface area contributed by atoms with E-state index in [0.29, 0.717) is 12.5 Å². The Bertz CT molecular complexity index is 428. The van der Waals surface area contributed by atoms with E-state index in [4.69, 9.17) is 10.00 Å². The van der Waals surface area contributed by atoms with E-state index in [-0.39, 0.29) is 0 Å². The molecule has 90 valence electrons. The van der Waals surface area contributed by atoms with E-state index in [1.165, 1.54) is 10.5 Å². The molecule has 0 radical (unpaired) electrons. The van der Waals surface area contributed by atoms with Gasteiger partial charge in [-0.25, -0.2) is 0 Å². The molecule has 1 aliphatic rings. The molecule has 1 N–H and O–H groups in total. The van der Waals surface area contributed by atoms with Crippen molar-refractivity contribution >= 4 is 11.8 Å². The molecule has 1 aromatic carbocycles. The Hall–Kier alpha value is -1.18. The first-order valence-corrected chi connectivity index (χ1v) is 6.77. The SMILES string of the molecule is CC(Cc1ccc2c(c1)OCS2)NCCC#N. The van der Waals surface area contributed by atoms with Gasteiger partial charge in [-0.15, -0.1) is 0 Å². The maximum atomic E-state index is 8.47. The van der Waals surface area contributed by atoms with Gasteiger partial charge in [0.15, 0.2) is 0 Å². The fraction of sp³-hybridized carbons (Fsp3) is 0.462. The van der Waals surface area contributed by atoms with Crippen molar-refractivity contribution in [2.45, 2.75) is 30.7 Å². The summed E-state index contributed by atoms with van der Waals surface area (Å²) >= 11 is 1.74. The molecular weight excluding hydrogens is 232 g/mol. The molecule has 0 saturated carbocycles. The summed E-state index contributed by atoms with van der Waals surface area (Å²) < 4.78 is 5.52. The Morgan fingerprint density at radius 1 is 1.59 bits per heavy atom. The molecule has 0 saturated heterocycles. The van der Waals surface area contributed by atoms with Crippen LogP contribution in [-0.2, 0) is 6.42 Å². The summed E-state index contributed by atoms with van der Waals surface area (Å²) in [5.41, 5.74) is 1.28. The van der Waals surface area contributed by atoms with Crippen LogP contribution in [0.5, 0.6) is 5.75 Å². The number of nitriles is 1. The van der Waals surface area contributed by atoms with Crippen molar-refractivity contribution in [2.75, 3.05) is 12.5 Å². The molecule has 0 aliphatic carbocycles. The van der Waals surface area contributed by atoms with Crippen LogP contribution in [0.4, 0.5) is 0 Å². The van der Waals surface area contributed by atoms with Crippen LogP contribution in [0.15, 0.2) is 23.1 Å². The first-order chi connectivity index (χ1) is 8.29. The number of nitrogens with zero attached hydrogens (tertiary/aromatic N) is 1. The molecule has 1 heterocycles. The average Bonchev–Trinajstić information content (AvgIpc) is 2.76. The molecule has 2 rings (SSSR count). The third kappa shape index (κ3) is 3.39. The van der Waals surface area contributed by atoms with Gasteiger partial charge in [0.1, 0.15) is 11.7 Å². The van der Waals surface area contributed by atoms with Gasteiger partial charge in [0.25, 0.3) is 0 Å². The van der Waals surface area contributed by atoms with Crippen LogP contribution in [0.25, 0.3) is 0 Å². The highest BCUT2D eigenvalue weighted by atomic mass is 32.2. The monoisotopic (exact) mass is 248 g/mol. The van der Waals surface area contributed by atoms with Gasteiger partial charge in [0.05, 0.1) is 11.0 Å². The van der Waals surface area contributed by atoms with Crippen LogP contribution < -0.4 is 10.1 Å². The van der Waals surface area contributed by atoms with Crippen LogP contribution >= 0.6 is 11.8 Å². The van der Waals surface area contributed by atoms with Crippen molar-refractivity contribution in [3.05, 3.63) is 23.8 Å². The van der Waals surface area contributed by atoms with Gasteiger partial charge in [0.2, 0.25) is 0 Å². The van der Waals surface area contributed by atoms with Gasteiger partial charge in [-0.1, -0.05) is 17.8 Å². The number of benzene rings is 1. The minimum atomic E-state index is 0.385. The fourth-order valence-electron chi connectivity index (χ4n) is 1.87. The van der Waals surface area contributed by atoms with Gasteiger partial charge in [-0.2, -0.15) is 5.26 Å². The number of rotatable bonds is 5. The standard InChI is InChI=1S/C13H16N2OS/c1-10(15-6-2-5-14)7-11-3-4-13-12(8-11)16-9-17-13/h3-4,8,10,15H,2,6-7,9H2,1H3. The summed E-state index contributed by atoms with van der Waals surface area (Å²) in [5.74, 6) is 1.74. The third-order valence-corrected chi connectivity index (χ3v) is 3.59. The van der Waals surface area contributed by atoms with Gasteiger partial charge in [-0.05, 0) is 31.0 Å². The number of hydrogen-bond donors (Lipinski definition) is 1. The minimum Gasteiger partial charge on any atom is -0.481 e. The molecule has 0 fully saturated rings. The normalized spacial score (nSPS) is 14.8. The van der Waals surface area contributed by atoms with Crippen LogP contribution in [-0.4, -0.2) is 18.5 Å². The van der Waals surface area contributed by atoms with E-state index in [1.807, 2.05) is 0 Å². The summed E-state index contributed by atoms with van der Waals surface area (Å²) in [6, 6.07) is 8.93. The van der Waals surface area contributed by atoms with Gasteiger partial charge in [-0.3, -0.25) is 0 Å². The van der Waals surface area contributed by atoms with Gasteiger partial charge in [0, 0.05) is 19.0 Å². The smallest absolute Gasteiger partial charge is 0.138 e. The van der Waals surface area contributed by atoms with E-state index in [9.17, 15) is 0 Å². The quantitative estimate of drug-likeness (QED) is 0.813. The largest absolute Gasteiger partial charge is 0.481 e. The van der Waals surface area contributed by atoms with Crippen molar-refractivity contribution < 1.29 is 4.74 Å². The van der Waals surface area contributed by atoms with Crippen LogP contribution in [0.2, 0.25) is 0 Å². The second-order valence-corrected chi connectivity index (χ2v) is 5.12. The van der Waals surface area contributed by atoms with E-state index in [0.717, 1.165) is 24.7 Å². The summed E-state index contributed by atoms with van der Waals surface area (Å²) in [5, 5.41) is 11.8. The van der Waals surface area contributed by atoms with E-state index < -0.39 is 0 Å². The first-order valence-electron chi connectivity index (χ1n) is 5.78. The third-order valence-electron chi connectivity index (χ3n) is 2.71. The number of nitrogens with one attached hydrogen (secondary N) is 1. The second-order valence-electron chi connectivity index (χ2n) is 4.16. The number of ether oxygens (including phenoxy) is 1. The molecule has 0 spiro atoms. The van der Waals surface area contributed by atoms with E-state index >= 15 is 0 Å². The molecule has 1 aromatic rings. The number of hydrogen-bond acceptors (Lipinski definition) is 4. The minimum absolute atomic E-state index is 0.385. The molecule has 17 heavy (non-hydrogen) atoms. The maximum absolute atomic E-state index is 8.47. The molecule has 0 amide bonds. The summed E-state index contributed by atoms with van der Waals surface area (Å²) in [4.78, 5) is 1.24. The molecule has 0 aromatic heterocycles. The Kier molecular flexibility index (Phi) is 4.29. The predicted octanol–water partition coefficient (Wildman–Crippen LogP) is 2.56. The molecule has 0 bridgehead atoms. The van der Waals surface area contributed by atoms with Crippen molar-refractivity contribution in [1.82, 2.24) is 5.32 Å². The zero-order chi connectivity index (χ0) is 12.1. The van der Waals surface area contributed by atoms with Crippen LogP contribution in [0.1, 0.15) is 18.9 Å². The summed E-state index contributed by atoms with van der Waals surface area (Å²) in [7, 11) is 0.